The maximum atomic E-state index is 12.6. The van der Waals surface area contributed by atoms with Crippen LogP contribution >= 0.6 is 0 Å². The summed E-state index contributed by atoms with van der Waals surface area (Å²) in [6, 6.07) is 10.3. The molecule has 0 spiro atoms. The van der Waals surface area contributed by atoms with E-state index in [1.807, 2.05) is 30.3 Å². The molecule has 0 aliphatic heterocycles. The largest absolute Gasteiger partial charge is 0.395 e. The smallest absolute Gasteiger partial charge is 0.318 e. The fourth-order valence-corrected chi connectivity index (χ4v) is 4.93. The Bertz CT molecular complexity index is 531. The molecule has 3 aliphatic rings. The van der Waals surface area contributed by atoms with Gasteiger partial charge in [-0.25, -0.2) is 4.79 Å². The molecule has 3 fully saturated rings. The number of carbonyl (C=O) groups excluding carboxylic acids is 1. The van der Waals surface area contributed by atoms with E-state index in [0.717, 1.165) is 29.2 Å². The number of benzene rings is 1. The van der Waals surface area contributed by atoms with Gasteiger partial charge in [0, 0.05) is 19.1 Å². The molecule has 4 atom stereocenters. The SMILES string of the molecule is O=C(NC1C2C3CCC(C3)C12)N(CCO)Cc1ccccc1. The van der Waals surface area contributed by atoms with Crippen LogP contribution in [0.3, 0.4) is 0 Å². The van der Waals surface area contributed by atoms with Crippen molar-refractivity contribution in [2.75, 3.05) is 13.2 Å². The molecule has 0 aromatic heterocycles. The van der Waals surface area contributed by atoms with Gasteiger partial charge < -0.3 is 15.3 Å². The molecular formula is C18H24N2O2. The summed E-state index contributed by atoms with van der Waals surface area (Å²) in [5, 5.41) is 12.5. The maximum Gasteiger partial charge on any atom is 0.318 e. The number of fused-ring (bicyclic) bond motifs is 5. The summed E-state index contributed by atoms with van der Waals surface area (Å²) in [5.41, 5.74) is 1.10. The number of rotatable bonds is 5. The highest BCUT2D eigenvalue weighted by atomic mass is 16.3. The second-order valence-corrected chi connectivity index (χ2v) is 7.09. The van der Waals surface area contributed by atoms with Gasteiger partial charge in [0.15, 0.2) is 0 Å². The van der Waals surface area contributed by atoms with E-state index >= 15 is 0 Å². The van der Waals surface area contributed by atoms with Crippen molar-refractivity contribution in [3.05, 3.63) is 35.9 Å². The highest BCUT2D eigenvalue weighted by Crippen LogP contribution is 2.65. The van der Waals surface area contributed by atoms with Crippen LogP contribution in [0.25, 0.3) is 0 Å². The minimum Gasteiger partial charge on any atom is -0.395 e. The molecule has 1 aromatic carbocycles. The first-order valence-electron chi connectivity index (χ1n) is 8.48. The van der Waals surface area contributed by atoms with E-state index in [9.17, 15) is 9.90 Å². The highest BCUT2D eigenvalue weighted by Gasteiger charge is 2.65. The monoisotopic (exact) mass is 300 g/mol. The number of hydrogen-bond donors (Lipinski definition) is 2. The number of amides is 2. The van der Waals surface area contributed by atoms with Gasteiger partial charge in [-0.1, -0.05) is 30.3 Å². The molecule has 2 bridgehead atoms. The van der Waals surface area contributed by atoms with E-state index in [2.05, 4.69) is 5.32 Å². The molecule has 4 heteroatoms. The lowest BCUT2D eigenvalue weighted by molar-refractivity contribution is 0.172. The predicted molar refractivity (Wildman–Crippen MR) is 84.1 cm³/mol. The highest BCUT2D eigenvalue weighted by molar-refractivity contribution is 5.75. The molecule has 22 heavy (non-hydrogen) atoms. The Morgan fingerprint density at radius 2 is 1.86 bits per heavy atom. The first-order chi connectivity index (χ1) is 10.8. The number of urea groups is 1. The van der Waals surface area contributed by atoms with Gasteiger partial charge >= 0.3 is 6.03 Å². The second kappa shape index (κ2) is 5.58. The Morgan fingerprint density at radius 1 is 1.18 bits per heavy atom. The van der Waals surface area contributed by atoms with Crippen molar-refractivity contribution in [2.24, 2.45) is 23.7 Å². The molecule has 4 unspecified atom stereocenters. The lowest BCUT2D eigenvalue weighted by Crippen LogP contribution is -2.43. The van der Waals surface area contributed by atoms with Crippen molar-refractivity contribution in [3.63, 3.8) is 0 Å². The van der Waals surface area contributed by atoms with Crippen molar-refractivity contribution in [1.29, 1.82) is 0 Å². The normalized spacial score (nSPS) is 34.3. The minimum atomic E-state index is -0.0169. The summed E-state index contributed by atoms with van der Waals surface area (Å²) in [4.78, 5) is 14.3. The Balaban J connectivity index is 1.37. The second-order valence-electron chi connectivity index (χ2n) is 7.09. The predicted octanol–water partition coefficient (Wildman–Crippen LogP) is 2.24. The molecule has 1 aromatic rings. The maximum absolute atomic E-state index is 12.6. The van der Waals surface area contributed by atoms with Crippen LogP contribution in [0.15, 0.2) is 30.3 Å². The Kier molecular flexibility index (Phi) is 3.57. The number of nitrogens with zero attached hydrogens (tertiary/aromatic N) is 1. The number of aliphatic hydroxyl groups is 1. The molecule has 2 amide bonds. The standard InChI is InChI=1S/C18H24N2O2/c21-9-8-20(11-12-4-2-1-3-5-12)18(22)19-17-15-13-6-7-14(10-13)16(15)17/h1-5,13-17,21H,6-11H2,(H,19,22). The van der Waals surface area contributed by atoms with Gasteiger partial charge in [0.25, 0.3) is 0 Å². The molecule has 2 N–H and O–H groups in total. The van der Waals surface area contributed by atoms with Gasteiger partial charge in [0.05, 0.1) is 6.61 Å². The zero-order chi connectivity index (χ0) is 15.1. The summed E-state index contributed by atoms with van der Waals surface area (Å²) < 4.78 is 0. The molecule has 3 saturated carbocycles. The van der Waals surface area contributed by atoms with Gasteiger partial charge in [-0.3, -0.25) is 0 Å². The lowest BCUT2D eigenvalue weighted by atomic mass is 10.0. The van der Waals surface area contributed by atoms with Gasteiger partial charge in [-0.2, -0.15) is 0 Å². The van der Waals surface area contributed by atoms with Crippen LogP contribution in [0.4, 0.5) is 4.79 Å². The number of hydrogen-bond acceptors (Lipinski definition) is 2. The molecule has 118 valence electrons. The van der Waals surface area contributed by atoms with Crippen LogP contribution < -0.4 is 5.32 Å². The first kappa shape index (κ1) is 14.1. The first-order valence-corrected chi connectivity index (χ1v) is 8.48. The van der Waals surface area contributed by atoms with Crippen LogP contribution in [0.5, 0.6) is 0 Å². The summed E-state index contributed by atoms with van der Waals surface area (Å²) in [6.07, 6.45) is 4.12. The van der Waals surface area contributed by atoms with E-state index in [4.69, 9.17) is 0 Å². The van der Waals surface area contributed by atoms with E-state index in [1.54, 1.807) is 4.90 Å². The average Bonchev–Trinajstić information content (AvgIpc) is 2.93. The van der Waals surface area contributed by atoms with E-state index in [-0.39, 0.29) is 12.6 Å². The third-order valence-electron chi connectivity index (χ3n) is 5.90. The third-order valence-corrected chi connectivity index (χ3v) is 5.90. The van der Waals surface area contributed by atoms with Crippen molar-refractivity contribution < 1.29 is 9.90 Å². The van der Waals surface area contributed by atoms with E-state index in [0.29, 0.717) is 19.1 Å². The quantitative estimate of drug-likeness (QED) is 0.876. The lowest BCUT2D eigenvalue weighted by Gasteiger charge is -2.23. The summed E-state index contributed by atoms with van der Waals surface area (Å²) in [5.74, 6) is 3.22. The minimum absolute atomic E-state index is 0.00300. The van der Waals surface area contributed by atoms with Gasteiger partial charge in [0.1, 0.15) is 0 Å². The summed E-state index contributed by atoms with van der Waals surface area (Å²) in [6.45, 7) is 0.945. The van der Waals surface area contributed by atoms with Crippen molar-refractivity contribution in [1.82, 2.24) is 10.2 Å². The zero-order valence-corrected chi connectivity index (χ0v) is 12.8. The van der Waals surface area contributed by atoms with Crippen LogP contribution in [-0.4, -0.2) is 35.2 Å². The van der Waals surface area contributed by atoms with Gasteiger partial charge in [-0.05, 0) is 48.5 Å². The van der Waals surface area contributed by atoms with Crippen molar-refractivity contribution in [3.8, 4) is 0 Å². The van der Waals surface area contributed by atoms with E-state index < -0.39 is 0 Å². The average molecular weight is 300 g/mol. The number of aliphatic hydroxyl groups excluding tert-OH is 1. The molecule has 0 radical (unpaired) electrons. The van der Waals surface area contributed by atoms with Gasteiger partial charge in [-0.15, -0.1) is 0 Å². The topological polar surface area (TPSA) is 52.6 Å². The molecule has 4 rings (SSSR count). The molecule has 0 saturated heterocycles. The Morgan fingerprint density at radius 3 is 2.50 bits per heavy atom. The van der Waals surface area contributed by atoms with Crippen LogP contribution in [0.1, 0.15) is 24.8 Å². The number of carbonyl (C=O) groups is 1. The number of nitrogens with one attached hydrogen (secondary N) is 1. The van der Waals surface area contributed by atoms with Crippen molar-refractivity contribution in [2.45, 2.75) is 31.8 Å². The van der Waals surface area contributed by atoms with Crippen molar-refractivity contribution >= 4 is 6.03 Å². The zero-order valence-electron chi connectivity index (χ0n) is 12.8. The Hall–Kier alpha value is -1.55. The van der Waals surface area contributed by atoms with Crippen LogP contribution in [0.2, 0.25) is 0 Å². The summed E-state index contributed by atoms with van der Waals surface area (Å²) >= 11 is 0. The van der Waals surface area contributed by atoms with E-state index in [1.165, 1.54) is 19.3 Å². The third kappa shape index (κ3) is 2.39. The van der Waals surface area contributed by atoms with Crippen LogP contribution in [0, 0.1) is 23.7 Å². The van der Waals surface area contributed by atoms with Gasteiger partial charge in [0.2, 0.25) is 0 Å². The molecule has 0 heterocycles. The fourth-order valence-electron chi connectivity index (χ4n) is 4.93. The molecule has 3 aliphatic carbocycles. The Labute approximate surface area is 131 Å². The fraction of sp³-hybridized carbons (Fsp3) is 0.611. The van der Waals surface area contributed by atoms with Crippen LogP contribution in [-0.2, 0) is 6.54 Å². The summed E-state index contributed by atoms with van der Waals surface area (Å²) in [7, 11) is 0. The molecular weight excluding hydrogens is 276 g/mol. The molecule has 4 nitrogen and oxygen atoms in total.